The number of aromatic nitrogens is 3. The molecule has 1 amide bonds. The van der Waals surface area contributed by atoms with Crippen molar-refractivity contribution < 1.29 is 13.6 Å². The first-order chi connectivity index (χ1) is 18.8. The van der Waals surface area contributed by atoms with E-state index in [-0.39, 0.29) is 17.5 Å². The fourth-order valence-corrected chi connectivity index (χ4v) is 4.75. The van der Waals surface area contributed by atoms with Crippen LogP contribution in [0.5, 0.6) is 0 Å². The van der Waals surface area contributed by atoms with Crippen LogP contribution >= 0.6 is 15.9 Å². The quantitative estimate of drug-likeness (QED) is 0.193. The highest BCUT2D eigenvalue weighted by molar-refractivity contribution is 9.10. The molecule has 0 bridgehead atoms. The first kappa shape index (κ1) is 26.5. The van der Waals surface area contributed by atoms with Crippen molar-refractivity contribution in [2.45, 2.75) is 32.7 Å². The van der Waals surface area contributed by atoms with Gasteiger partial charge in [-0.3, -0.25) is 4.79 Å². The molecule has 2 N–H and O–H groups in total. The van der Waals surface area contributed by atoms with E-state index in [1.54, 1.807) is 22.8 Å². The number of hydrogen-bond acceptors (Lipinski definition) is 4. The van der Waals surface area contributed by atoms with E-state index in [2.05, 4.69) is 31.7 Å². The zero-order valence-electron chi connectivity index (χ0n) is 21.4. The molecule has 5 aromatic rings. The summed E-state index contributed by atoms with van der Waals surface area (Å²) in [5, 5.41) is 10.6. The number of hydrogen-bond donors (Lipinski definition) is 2. The van der Waals surface area contributed by atoms with Crippen LogP contribution in [0.3, 0.4) is 0 Å². The number of amides is 1. The van der Waals surface area contributed by atoms with Gasteiger partial charge < -0.3 is 10.6 Å². The van der Waals surface area contributed by atoms with Crippen molar-refractivity contribution in [2.75, 3.05) is 10.6 Å². The van der Waals surface area contributed by atoms with E-state index in [0.717, 1.165) is 32.7 Å². The van der Waals surface area contributed by atoms with Crippen LogP contribution in [-0.2, 0) is 12.5 Å². The number of aryl methyl sites for hydroxylation is 1. The predicted octanol–water partition coefficient (Wildman–Crippen LogP) is 7.83. The molecule has 0 aliphatic carbocycles. The molecule has 9 heteroatoms. The number of nitrogens with one attached hydrogen (secondary N) is 2. The van der Waals surface area contributed by atoms with Gasteiger partial charge in [0.2, 0.25) is 0 Å². The summed E-state index contributed by atoms with van der Waals surface area (Å²) < 4.78 is 31.4. The van der Waals surface area contributed by atoms with Crippen molar-refractivity contribution in [1.29, 1.82) is 0 Å². The number of halogens is 3. The Hall–Kier alpha value is -4.11. The second-order valence-corrected chi connectivity index (χ2v) is 10.0. The largest absolute Gasteiger partial charge is 0.366 e. The van der Waals surface area contributed by atoms with E-state index >= 15 is 0 Å². The highest BCUT2D eigenvalue weighted by atomic mass is 79.9. The van der Waals surface area contributed by atoms with Crippen molar-refractivity contribution in [3.63, 3.8) is 0 Å². The molecular weight excluding hydrogens is 564 g/mol. The van der Waals surface area contributed by atoms with Gasteiger partial charge >= 0.3 is 0 Å². The number of anilines is 2. The van der Waals surface area contributed by atoms with Crippen molar-refractivity contribution >= 4 is 39.0 Å². The zero-order valence-corrected chi connectivity index (χ0v) is 23.0. The summed E-state index contributed by atoms with van der Waals surface area (Å²) in [6, 6.07) is 23.1. The molecule has 0 radical (unpaired) electrons. The monoisotopic (exact) mass is 589 g/mol. The minimum atomic E-state index is -3.09. The third-order valence-electron chi connectivity index (χ3n) is 6.52. The number of fused-ring (bicyclic) bond motifs is 1. The van der Waals surface area contributed by atoms with Crippen molar-refractivity contribution in [3.05, 3.63) is 112 Å². The first-order valence-electron chi connectivity index (χ1n) is 12.5. The van der Waals surface area contributed by atoms with Gasteiger partial charge in [0, 0.05) is 41.4 Å². The lowest BCUT2D eigenvalue weighted by Gasteiger charge is -2.18. The van der Waals surface area contributed by atoms with Gasteiger partial charge in [0.15, 0.2) is 5.65 Å². The minimum absolute atomic E-state index is 0.0416. The molecule has 0 unspecified atom stereocenters. The van der Waals surface area contributed by atoms with Crippen LogP contribution in [0.2, 0.25) is 0 Å². The summed E-state index contributed by atoms with van der Waals surface area (Å²) in [5.74, 6) is -2.92. The Labute approximate surface area is 233 Å². The fourth-order valence-electron chi connectivity index (χ4n) is 4.40. The molecular formula is C30H26BrF2N5O. The van der Waals surface area contributed by atoms with Crippen LogP contribution in [0.15, 0.2) is 89.5 Å². The molecule has 39 heavy (non-hydrogen) atoms. The third kappa shape index (κ3) is 5.54. The number of carbonyl (C=O) groups excluding carboxylic acids is 1. The maximum absolute atomic E-state index is 14.4. The van der Waals surface area contributed by atoms with E-state index in [0.29, 0.717) is 17.9 Å². The highest BCUT2D eigenvalue weighted by Crippen LogP contribution is 2.34. The van der Waals surface area contributed by atoms with E-state index in [1.807, 2.05) is 55.5 Å². The molecule has 0 fully saturated rings. The molecule has 0 atom stereocenters. The number of carbonyl (C=O) groups is 1. The molecule has 0 saturated carbocycles. The number of rotatable bonds is 8. The SMILES string of the molecule is CCC(F)(F)c1ccccc1C(=O)Nc1cccc(CNc2cc(-c3ccccc3C)nc3c(Br)cnn23)c1. The summed E-state index contributed by atoms with van der Waals surface area (Å²) >= 11 is 3.53. The van der Waals surface area contributed by atoms with E-state index < -0.39 is 11.8 Å². The summed E-state index contributed by atoms with van der Waals surface area (Å²) in [6.07, 6.45) is 1.31. The van der Waals surface area contributed by atoms with Crippen molar-refractivity contribution in [1.82, 2.24) is 14.6 Å². The average Bonchev–Trinajstić information content (AvgIpc) is 3.32. The molecule has 0 saturated heterocycles. The molecule has 0 aliphatic heterocycles. The van der Waals surface area contributed by atoms with Crippen LogP contribution in [0.25, 0.3) is 16.9 Å². The Kier molecular flexibility index (Phi) is 7.43. The standard InChI is InChI=1S/C30H26BrF2N5O/c1-3-30(32,33)24-14-7-6-13-23(24)29(39)36-21-11-8-10-20(15-21)17-34-27-16-26(22-12-5-4-9-19(22)2)37-28-25(31)18-35-38(27)28/h4-16,18,34H,3,17H2,1-2H3,(H,36,39). The number of nitrogens with zero attached hydrogens (tertiary/aromatic N) is 3. The van der Waals surface area contributed by atoms with Crippen molar-refractivity contribution in [2.24, 2.45) is 0 Å². The number of alkyl halides is 2. The zero-order chi connectivity index (χ0) is 27.6. The molecule has 198 valence electrons. The molecule has 2 aromatic heterocycles. The van der Waals surface area contributed by atoms with E-state index in [1.165, 1.54) is 25.1 Å². The van der Waals surface area contributed by atoms with Crippen LogP contribution < -0.4 is 10.6 Å². The Morgan fingerprint density at radius 2 is 1.79 bits per heavy atom. The Balaban J connectivity index is 1.38. The molecule has 2 heterocycles. The van der Waals surface area contributed by atoms with Crippen LogP contribution in [0.1, 0.15) is 40.4 Å². The molecule has 6 nitrogen and oxygen atoms in total. The van der Waals surface area contributed by atoms with Gasteiger partial charge in [-0.1, -0.05) is 61.5 Å². The number of benzene rings is 3. The Morgan fingerprint density at radius 3 is 2.59 bits per heavy atom. The predicted molar refractivity (Wildman–Crippen MR) is 153 cm³/mol. The van der Waals surface area contributed by atoms with E-state index in [9.17, 15) is 13.6 Å². The lowest BCUT2D eigenvalue weighted by atomic mass is 9.99. The molecule has 3 aromatic carbocycles. The normalized spacial score (nSPS) is 11.5. The average molecular weight is 590 g/mol. The topological polar surface area (TPSA) is 71.3 Å². The van der Waals surface area contributed by atoms with Gasteiger partial charge in [0.25, 0.3) is 11.8 Å². The summed E-state index contributed by atoms with van der Waals surface area (Å²) in [6.45, 7) is 3.87. The maximum Gasteiger partial charge on any atom is 0.273 e. The maximum atomic E-state index is 14.4. The Morgan fingerprint density at radius 1 is 1.03 bits per heavy atom. The summed E-state index contributed by atoms with van der Waals surface area (Å²) in [5.41, 5.74) is 4.70. The second kappa shape index (κ2) is 10.9. The van der Waals surface area contributed by atoms with Crippen LogP contribution in [-0.4, -0.2) is 20.5 Å². The third-order valence-corrected chi connectivity index (χ3v) is 7.08. The van der Waals surface area contributed by atoms with Gasteiger partial charge in [0.1, 0.15) is 5.82 Å². The highest BCUT2D eigenvalue weighted by Gasteiger charge is 2.33. The van der Waals surface area contributed by atoms with Gasteiger partial charge in [-0.25, -0.2) is 13.8 Å². The lowest BCUT2D eigenvalue weighted by Crippen LogP contribution is -2.21. The summed E-state index contributed by atoms with van der Waals surface area (Å²) in [7, 11) is 0. The van der Waals surface area contributed by atoms with Crippen LogP contribution in [0.4, 0.5) is 20.3 Å². The van der Waals surface area contributed by atoms with Gasteiger partial charge in [-0.15, -0.1) is 0 Å². The smallest absolute Gasteiger partial charge is 0.273 e. The Bertz CT molecular complexity index is 1670. The molecule has 5 rings (SSSR count). The fraction of sp³-hybridized carbons (Fsp3) is 0.167. The second-order valence-electron chi connectivity index (χ2n) is 9.18. The van der Waals surface area contributed by atoms with Gasteiger partial charge in [-0.2, -0.15) is 9.61 Å². The lowest BCUT2D eigenvalue weighted by molar-refractivity contribution is -0.00899. The van der Waals surface area contributed by atoms with E-state index in [4.69, 9.17) is 4.98 Å². The van der Waals surface area contributed by atoms with Gasteiger partial charge in [-0.05, 0) is 52.2 Å². The molecule has 0 aliphatic rings. The van der Waals surface area contributed by atoms with Gasteiger partial charge in [0.05, 0.1) is 16.4 Å². The first-order valence-corrected chi connectivity index (χ1v) is 13.3. The van der Waals surface area contributed by atoms with Crippen LogP contribution in [0, 0.1) is 6.92 Å². The minimum Gasteiger partial charge on any atom is -0.366 e. The molecule has 0 spiro atoms. The van der Waals surface area contributed by atoms with Crippen molar-refractivity contribution in [3.8, 4) is 11.3 Å². The summed E-state index contributed by atoms with van der Waals surface area (Å²) in [4.78, 5) is 17.8.